The van der Waals surface area contributed by atoms with Gasteiger partial charge in [-0.1, -0.05) is 15.9 Å². The molecule has 0 atom stereocenters. The Morgan fingerprint density at radius 2 is 1.86 bits per heavy atom. The van der Waals surface area contributed by atoms with Gasteiger partial charge >= 0.3 is 0 Å². The second-order valence-electron chi connectivity index (χ2n) is 0.738. The Labute approximate surface area is 57.9 Å². The van der Waals surface area contributed by atoms with Gasteiger partial charge in [0.05, 0.1) is 14.8 Å². The second kappa shape index (κ2) is 2.84. The molecule has 0 rings (SSSR count). The summed E-state index contributed by atoms with van der Waals surface area (Å²) in [5.41, 5.74) is 0. The highest BCUT2D eigenvalue weighted by Crippen LogP contribution is 2.02. The fourth-order valence-corrected chi connectivity index (χ4v) is 2.23. The number of hydrogen-bond donors (Lipinski definition) is 0. The van der Waals surface area contributed by atoms with E-state index in [-0.39, 0.29) is 0 Å². The van der Waals surface area contributed by atoms with Crippen LogP contribution in [0.2, 0.25) is 0 Å². The van der Waals surface area contributed by atoms with Gasteiger partial charge < -0.3 is 0 Å². The third kappa shape index (κ3) is 6.65. The number of hydrogen-bond acceptors (Lipinski definition) is 2. The van der Waals surface area contributed by atoms with E-state index in [2.05, 4.69) is 30.7 Å². The largest absolute Gasteiger partial charge is 0.231 e. The molecule has 0 saturated carbocycles. The van der Waals surface area contributed by atoms with Crippen LogP contribution in [0.25, 0.3) is 0 Å². The maximum atomic E-state index is 10.0. The molecule has 0 amide bonds. The van der Waals surface area contributed by atoms with Gasteiger partial charge in [-0.2, -0.15) is 0 Å². The summed E-state index contributed by atoms with van der Waals surface area (Å²) in [4.78, 5) is 1.26. The molecule has 0 saturated heterocycles. The molecule has 0 N–H and O–H groups in total. The summed E-state index contributed by atoms with van der Waals surface area (Å²) in [5, 5.41) is 0.993. The average Bonchev–Trinajstić information content (AvgIpc) is 1.30. The van der Waals surface area contributed by atoms with Gasteiger partial charge in [0.2, 0.25) is 8.27 Å². The third-order valence-electron chi connectivity index (χ3n) is 0.214. The summed E-state index contributed by atoms with van der Waals surface area (Å²) >= 11 is 5.19. The lowest BCUT2D eigenvalue weighted by Crippen LogP contribution is -1.74. The Balaban J connectivity index is 4.13. The number of halogens is 2. The van der Waals surface area contributed by atoms with Crippen LogP contribution in [-0.2, 0) is 8.27 Å². The molecule has 5 heteroatoms. The van der Waals surface area contributed by atoms with Crippen LogP contribution in [0.5, 0.6) is 0 Å². The Hall–Kier alpha value is 0.650. The molecule has 2 nitrogen and oxygen atoms in total. The summed E-state index contributed by atoms with van der Waals surface area (Å²) in [5.74, 6) is 0. The quantitative estimate of drug-likeness (QED) is 0.662. The molecule has 0 spiro atoms. The highest BCUT2D eigenvalue weighted by Gasteiger charge is 1.91. The van der Waals surface area contributed by atoms with E-state index in [4.69, 9.17) is 0 Å². The fourth-order valence-electron chi connectivity index (χ4n) is 0.0614. The first-order chi connectivity index (χ1) is 3.06. The summed E-state index contributed by atoms with van der Waals surface area (Å²) in [7, 11) is -3.09. The van der Waals surface area contributed by atoms with E-state index in [9.17, 15) is 8.42 Å². The molecule has 0 aliphatic rings. The van der Waals surface area contributed by atoms with Crippen LogP contribution in [0, 0.1) is 0 Å². The predicted molar refractivity (Wildman–Crippen MR) is 35.9 cm³/mol. The highest BCUT2D eigenvalue weighted by molar-refractivity contribution is 9.48. The minimum absolute atomic E-state index is 0.993. The van der Waals surface area contributed by atoms with Gasteiger partial charge in [0, 0.05) is 5.41 Å². The molecule has 0 bridgehead atoms. The molecule has 0 radical (unpaired) electrons. The van der Waals surface area contributed by atoms with E-state index in [0.717, 1.165) is 5.41 Å². The fraction of sp³-hybridized carbons (Fsp3) is 0. The van der Waals surface area contributed by atoms with Gasteiger partial charge in [0.15, 0.2) is 0 Å². The monoisotopic (exact) mass is 248 g/mol. The minimum atomic E-state index is -3.09. The summed E-state index contributed by atoms with van der Waals surface area (Å²) in [6.45, 7) is 0. The molecule has 0 aromatic rings. The van der Waals surface area contributed by atoms with Gasteiger partial charge in [-0.05, 0) is 4.99 Å². The molecule has 0 aromatic carbocycles. The summed E-state index contributed by atoms with van der Waals surface area (Å²) in [6, 6.07) is 0. The van der Waals surface area contributed by atoms with E-state index in [1.807, 2.05) is 0 Å². The SMILES string of the molecule is O=S(=O)(Br)/C=C/Br. The molecular weight excluding hydrogens is 248 g/mol. The van der Waals surface area contributed by atoms with Crippen molar-refractivity contribution in [1.29, 1.82) is 0 Å². The first kappa shape index (κ1) is 7.65. The highest BCUT2D eigenvalue weighted by atomic mass is 79.9. The Bertz CT molecular complexity index is 157. The molecule has 0 fully saturated rings. The zero-order valence-corrected chi connectivity index (χ0v) is 7.12. The van der Waals surface area contributed by atoms with E-state index in [1.165, 1.54) is 4.99 Å². The van der Waals surface area contributed by atoms with Crippen molar-refractivity contribution < 1.29 is 8.42 Å². The molecule has 0 aromatic heterocycles. The summed E-state index contributed by atoms with van der Waals surface area (Å²) in [6.07, 6.45) is 0. The van der Waals surface area contributed by atoms with Crippen LogP contribution in [0.1, 0.15) is 0 Å². The maximum Gasteiger partial charge on any atom is 0.231 e. The minimum Gasteiger partial charge on any atom is -0.212 e. The van der Waals surface area contributed by atoms with Crippen molar-refractivity contribution in [2.24, 2.45) is 0 Å². The Kier molecular flexibility index (Phi) is 3.10. The van der Waals surface area contributed by atoms with Crippen LogP contribution in [0.4, 0.5) is 0 Å². The van der Waals surface area contributed by atoms with E-state index >= 15 is 0 Å². The van der Waals surface area contributed by atoms with Crippen molar-refractivity contribution in [3.8, 4) is 0 Å². The Morgan fingerprint density at radius 1 is 1.43 bits per heavy atom. The normalized spacial score (nSPS) is 12.9. The van der Waals surface area contributed by atoms with Crippen LogP contribution < -0.4 is 0 Å². The average molecular weight is 250 g/mol. The smallest absolute Gasteiger partial charge is 0.212 e. The molecule has 0 aliphatic carbocycles. The lowest BCUT2D eigenvalue weighted by Gasteiger charge is -1.73. The summed E-state index contributed by atoms with van der Waals surface area (Å²) < 4.78 is 20.1. The lowest BCUT2D eigenvalue weighted by atomic mass is 11.3. The van der Waals surface area contributed by atoms with Crippen LogP contribution in [-0.4, -0.2) is 8.42 Å². The van der Waals surface area contributed by atoms with Crippen LogP contribution in [0.15, 0.2) is 10.4 Å². The zero-order chi connectivity index (χ0) is 5.91. The van der Waals surface area contributed by atoms with E-state index < -0.39 is 8.27 Å². The second-order valence-corrected chi connectivity index (χ2v) is 5.20. The predicted octanol–water partition coefficient (Wildman–Crippen LogP) is 1.58. The molecule has 0 unspecified atom stereocenters. The van der Waals surface area contributed by atoms with E-state index in [0.29, 0.717) is 0 Å². The van der Waals surface area contributed by atoms with Gasteiger partial charge in [-0.15, -0.1) is 0 Å². The van der Waals surface area contributed by atoms with Gasteiger partial charge in [0.1, 0.15) is 0 Å². The van der Waals surface area contributed by atoms with Crippen molar-refractivity contribution in [3.63, 3.8) is 0 Å². The van der Waals surface area contributed by atoms with Crippen LogP contribution in [0.3, 0.4) is 0 Å². The molecular formula is C2H2Br2O2S. The first-order valence-corrected chi connectivity index (χ1v) is 5.58. The van der Waals surface area contributed by atoms with Gasteiger partial charge in [-0.25, -0.2) is 8.42 Å². The molecule has 0 aliphatic heterocycles. The van der Waals surface area contributed by atoms with Crippen molar-refractivity contribution in [1.82, 2.24) is 0 Å². The van der Waals surface area contributed by atoms with Crippen molar-refractivity contribution in [2.75, 3.05) is 0 Å². The first-order valence-electron chi connectivity index (χ1n) is 1.27. The van der Waals surface area contributed by atoms with Crippen molar-refractivity contribution in [2.45, 2.75) is 0 Å². The standard InChI is InChI=1S/C2H2Br2O2S/c3-1-2-7(4,5)6/h1-2H/b2-1+. The van der Waals surface area contributed by atoms with Gasteiger partial charge in [0.25, 0.3) is 0 Å². The van der Waals surface area contributed by atoms with E-state index in [1.54, 1.807) is 0 Å². The molecule has 42 valence electrons. The Morgan fingerprint density at radius 3 is 1.86 bits per heavy atom. The topological polar surface area (TPSA) is 34.1 Å². The number of rotatable bonds is 1. The lowest BCUT2D eigenvalue weighted by molar-refractivity contribution is 0.619. The molecule has 0 heterocycles. The molecule has 7 heavy (non-hydrogen) atoms. The van der Waals surface area contributed by atoms with Gasteiger partial charge in [-0.3, -0.25) is 0 Å². The maximum absolute atomic E-state index is 10.0. The van der Waals surface area contributed by atoms with Crippen molar-refractivity contribution in [3.05, 3.63) is 10.4 Å². The van der Waals surface area contributed by atoms with Crippen LogP contribution >= 0.6 is 30.7 Å². The van der Waals surface area contributed by atoms with Crippen molar-refractivity contribution >= 4 is 39.0 Å². The third-order valence-corrected chi connectivity index (χ3v) is 1.94. The zero-order valence-electron chi connectivity index (χ0n) is 3.14.